The van der Waals surface area contributed by atoms with Crippen molar-refractivity contribution in [3.63, 3.8) is 0 Å². The second kappa shape index (κ2) is 4.83. The largest absolute Gasteiger partial charge is 0.360 e. The molecule has 0 N–H and O–H groups in total. The Bertz CT molecular complexity index is 119. The van der Waals surface area contributed by atoms with Gasteiger partial charge in [-0.05, 0) is 40.3 Å². The summed E-state index contributed by atoms with van der Waals surface area (Å²) in [6, 6.07) is 0. The Hall–Kier alpha value is -0.0800. The molecule has 0 radical (unpaired) electrons. The number of rotatable bonds is 5. The van der Waals surface area contributed by atoms with Crippen LogP contribution < -0.4 is 0 Å². The lowest BCUT2D eigenvalue weighted by atomic mass is 9.96. The van der Waals surface area contributed by atoms with Gasteiger partial charge in [-0.3, -0.25) is 4.90 Å². The Kier molecular flexibility index (Phi) is 4.80. The zero-order chi connectivity index (χ0) is 9.78. The fourth-order valence-electron chi connectivity index (χ4n) is 1.35. The van der Waals surface area contributed by atoms with Crippen LogP contribution in [0, 0.1) is 5.92 Å². The molecule has 0 aliphatic heterocycles. The highest BCUT2D eigenvalue weighted by Gasteiger charge is 2.19. The molecule has 0 bridgehead atoms. The van der Waals surface area contributed by atoms with E-state index >= 15 is 0 Å². The van der Waals surface area contributed by atoms with Gasteiger partial charge in [-0.15, -0.1) is 0 Å². The summed E-state index contributed by atoms with van der Waals surface area (Å²) in [7, 11) is 4.04. The van der Waals surface area contributed by atoms with Gasteiger partial charge in [0.25, 0.3) is 0 Å². The van der Waals surface area contributed by atoms with Gasteiger partial charge in [0.2, 0.25) is 0 Å². The van der Waals surface area contributed by atoms with Gasteiger partial charge in [-0.2, -0.15) is 0 Å². The van der Waals surface area contributed by atoms with Crippen LogP contribution >= 0.6 is 0 Å². The minimum Gasteiger partial charge on any atom is -0.360 e. The SMILES string of the molecule is CC(C)CC(C)(C)OCN(C)C. The van der Waals surface area contributed by atoms with E-state index < -0.39 is 0 Å². The lowest BCUT2D eigenvalue weighted by molar-refractivity contribution is -0.0708. The van der Waals surface area contributed by atoms with Crippen LogP contribution in [-0.4, -0.2) is 31.3 Å². The fourth-order valence-corrected chi connectivity index (χ4v) is 1.35. The molecule has 2 heteroatoms. The van der Waals surface area contributed by atoms with Crippen LogP contribution in [0.2, 0.25) is 0 Å². The summed E-state index contributed by atoms with van der Waals surface area (Å²) in [6.07, 6.45) is 1.11. The Morgan fingerprint density at radius 1 is 1.25 bits per heavy atom. The number of hydrogen-bond donors (Lipinski definition) is 0. The molecule has 0 amide bonds. The molecular weight excluding hydrogens is 150 g/mol. The summed E-state index contributed by atoms with van der Waals surface area (Å²) in [5.74, 6) is 0.696. The zero-order valence-corrected chi connectivity index (χ0v) is 9.35. The quantitative estimate of drug-likeness (QED) is 0.592. The maximum Gasteiger partial charge on any atom is 0.0992 e. The molecule has 0 unspecified atom stereocenters. The molecule has 0 rings (SSSR count). The molecule has 0 aromatic carbocycles. The van der Waals surface area contributed by atoms with Crippen molar-refractivity contribution in [3.05, 3.63) is 0 Å². The molecule has 0 fully saturated rings. The maximum absolute atomic E-state index is 5.73. The van der Waals surface area contributed by atoms with Gasteiger partial charge in [0.15, 0.2) is 0 Å². The minimum atomic E-state index is 0.0123. The molecule has 12 heavy (non-hydrogen) atoms. The first-order valence-electron chi connectivity index (χ1n) is 4.62. The molecule has 74 valence electrons. The Balaban J connectivity index is 3.71. The first-order chi connectivity index (χ1) is 5.33. The molecule has 0 spiro atoms. The van der Waals surface area contributed by atoms with Crippen LogP contribution in [0.4, 0.5) is 0 Å². The Labute approximate surface area is 76.9 Å². The standard InChI is InChI=1S/C10H23NO/c1-9(2)7-10(3,4)12-8-11(5)6/h9H,7-8H2,1-6H3. The first kappa shape index (κ1) is 11.9. The van der Waals surface area contributed by atoms with Crippen molar-refractivity contribution in [2.75, 3.05) is 20.8 Å². The summed E-state index contributed by atoms with van der Waals surface area (Å²) in [6.45, 7) is 9.45. The van der Waals surface area contributed by atoms with E-state index in [0.717, 1.165) is 6.42 Å². The predicted molar refractivity (Wildman–Crippen MR) is 53.2 cm³/mol. The lowest BCUT2D eigenvalue weighted by Gasteiger charge is -2.28. The average Bonchev–Trinajstić information content (AvgIpc) is 1.81. The van der Waals surface area contributed by atoms with E-state index in [4.69, 9.17) is 4.74 Å². The number of nitrogens with zero attached hydrogens (tertiary/aromatic N) is 1. The summed E-state index contributed by atoms with van der Waals surface area (Å²) < 4.78 is 5.73. The summed E-state index contributed by atoms with van der Waals surface area (Å²) >= 11 is 0. The fraction of sp³-hybridized carbons (Fsp3) is 1.00. The van der Waals surface area contributed by atoms with Crippen molar-refractivity contribution in [2.24, 2.45) is 5.92 Å². The molecule has 2 nitrogen and oxygen atoms in total. The van der Waals surface area contributed by atoms with E-state index in [2.05, 4.69) is 27.7 Å². The van der Waals surface area contributed by atoms with Crippen LogP contribution in [0.3, 0.4) is 0 Å². The van der Waals surface area contributed by atoms with Crippen molar-refractivity contribution in [1.82, 2.24) is 4.90 Å². The zero-order valence-electron chi connectivity index (χ0n) is 9.35. The average molecular weight is 173 g/mol. The monoisotopic (exact) mass is 173 g/mol. The summed E-state index contributed by atoms with van der Waals surface area (Å²) in [5, 5.41) is 0. The molecule has 0 aliphatic carbocycles. The van der Waals surface area contributed by atoms with E-state index in [0.29, 0.717) is 12.6 Å². The summed E-state index contributed by atoms with van der Waals surface area (Å²) in [5.41, 5.74) is 0.0123. The van der Waals surface area contributed by atoms with Crippen molar-refractivity contribution in [1.29, 1.82) is 0 Å². The van der Waals surface area contributed by atoms with Gasteiger partial charge in [0.05, 0.1) is 12.3 Å². The highest BCUT2D eigenvalue weighted by Crippen LogP contribution is 2.19. The van der Waals surface area contributed by atoms with Gasteiger partial charge < -0.3 is 4.74 Å². The normalized spacial score (nSPS) is 13.0. The molecule has 0 saturated heterocycles. The van der Waals surface area contributed by atoms with Gasteiger partial charge >= 0.3 is 0 Å². The second-order valence-electron chi connectivity index (χ2n) is 4.71. The molecule has 0 aromatic rings. The van der Waals surface area contributed by atoms with Crippen LogP contribution in [0.1, 0.15) is 34.1 Å². The van der Waals surface area contributed by atoms with Crippen molar-refractivity contribution in [3.8, 4) is 0 Å². The maximum atomic E-state index is 5.73. The lowest BCUT2D eigenvalue weighted by Crippen LogP contribution is -2.31. The van der Waals surface area contributed by atoms with Crippen LogP contribution in [0.5, 0.6) is 0 Å². The van der Waals surface area contributed by atoms with E-state index in [1.807, 2.05) is 19.0 Å². The third-order valence-corrected chi connectivity index (χ3v) is 1.61. The van der Waals surface area contributed by atoms with E-state index in [9.17, 15) is 0 Å². The number of hydrogen-bond acceptors (Lipinski definition) is 2. The third kappa shape index (κ3) is 6.62. The highest BCUT2D eigenvalue weighted by molar-refractivity contribution is 4.69. The predicted octanol–water partition coefficient (Wildman–Crippen LogP) is 2.35. The Morgan fingerprint density at radius 2 is 1.75 bits per heavy atom. The minimum absolute atomic E-state index is 0.0123. The molecule has 0 heterocycles. The van der Waals surface area contributed by atoms with Gasteiger partial charge in [-0.25, -0.2) is 0 Å². The molecule has 0 aliphatic rings. The Morgan fingerprint density at radius 3 is 2.08 bits per heavy atom. The molecule has 0 atom stereocenters. The molecule has 0 saturated carbocycles. The van der Waals surface area contributed by atoms with Crippen LogP contribution in [-0.2, 0) is 4.74 Å². The smallest absolute Gasteiger partial charge is 0.0992 e. The van der Waals surface area contributed by atoms with E-state index in [1.54, 1.807) is 0 Å². The summed E-state index contributed by atoms with van der Waals surface area (Å²) in [4.78, 5) is 2.04. The topological polar surface area (TPSA) is 12.5 Å². The van der Waals surface area contributed by atoms with Crippen molar-refractivity contribution >= 4 is 0 Å². The van der Waals surface area contributed by atoms with Gasteiger partial charge in [0.1, 0.15) is 0 Å². The van der Waals surface area contributed by atoms with Gasteiger partial charge in [-0.1, -0.05) is 13.8 Å². The van der Waals surface area contributed by atoms with E-state index in [-0.39, 0.29) is 5.60 Å². The second-order valence-corrected chi connectivity index (χ2v) is 4.71. The van der Waals surface area contributed by atoms with Crippen LogP contribution in [0.25, 0.3) is 0 Å². The third-order valence-electron chi connectivity index (χ3n) is 1.61. The van der Waals surface area contributed by atoms with Crippen molar-refractivity contribution in [2.45, 2.75) is 39.7 Å². The van der Waals surface area contributed by atoms with Gasteiger partial charge in [0, 0.05) is 0 Å². The molecular formula is C10H23NO. The molecule has 0 aromatic heterocycles. The van der Waals surface area contributed by atoms with Crippen molar-refractivity contribution < 1.29 is 4.74 Å². The first-order valence-corrected chi connectivity index (χ1v) is 4.62. The van der Waals surface area contributed by atoms with Crippen LogP contribution in [0.15, 0.2) is 0 Å². The highest BCUT2D eigenvalue weighted by atomic mass is 16.5. The van der Waals surface area contributed by atoms with E-state index in [1.165, 1.54) is 0 Å². The number of ether oxygens (including phenoxy) is 1.